The average molecular weight is 160 g/mol. The van der Waals surface area contributed by atoms with E-state index in [0.29, 0.717) is 0 Å². The molecule has 0 spiro atoms. The molecule has 0 aromatic carbocycles. The fourth-order valence-electron chi connectivity index (χ4n) is 0.702. The van der Waals surface area contributed by atoms with E-state index in [1.807, 2.05) is 12.2 Å². The van der Waals surface area contributed by atoms with Gasteiger partial charge in [0.05, 0.1) is 0 Å². The van der Waals surface area contributed by atoms with Crippen molar-refractivity contribution in [1.29, 1.82) is 0 Å². The van der Waals surface area contributed by atoms with Gasteiger partial charge in [0.1, 0.15) is 0 Å². The molecule has 1 aliphatic carbocycles. The molecule has 0 nitrogen and oxygen atoms in total. The van der Waals surface area contributed by atoms with Gasteiger partial charge in [0, 0.05) is 17.1 Å². The van der Waals surface area contributed by atoms with E-state index in [1.54, 1.807) is 0 Å². The third kappa shape index (κ3) is 2.53. The number of rotatable bonds is 1. The number of hydrogen-bond acceptors (Lipinski definition) is 0. The van der Waals surface area contributed by atoms with Crippen LogP contribution in [-0.4, -0.2) is 0 Å². The molecule has 0 radical (unpaired) electrons. The molecule has 0 bridgehead atoms. The average Bonchev–Trinajstić information content (AvgIpc) is 2.19. The van der Waals surface area contributed by atoms with Crippen LogP contribution in [0.15, 0.2) is 42.2 Å². The van der Waals surface area contributed by atoms with Crippen LogP contribution in [0.5, 0.6) is 0 Å². The first-order valence-corrected chi connectivity index (χ1v) is 2.65. The zero-order valence-electron chi connectivity index (χ0n) is 5.08. The summed E-state index contributed by atoms with van der Waals surface area (Å²) in [5.74, 6) is 0. The van der Waals surface area contributed by atoms with Crippen molar-refractivity contribution in [3.8, 4) is 0 Å². The second-order valence-electron chi connectivity index (χ2n) is 1.72. The summed E-state index contributed by atoms with van der Waals surface area (Å²) >= 11 is 0. The van der Waals surface area contributed by atoms with Crippen LogP contribution >= 0.6 is 0 Å². The molecule has 0 fully saturated rings. The molecule has 0 unspecified atom stereocenters. The van der Waals surface area contributed by atoms with Crippen molar-refractivity contribution >= 4 is 0 Å². The molecule has 9 heavy (non-hydrogen) atoms. The van der Waals surface area contributed by atoms with Crippen LogP contribution in [0.4, 0.5) is 0 Å². The Labute approximate surface area is 66.1 Å². The second kappa shape index (κ2) is 4.40. The van der Waals surface area contributed by atoms with E-state index < -0.39 is 0 Å². The summed E-state index contributed by atoms with van der Waals surface area (Å²) in [6, 6.07) is 0. The molecule has 48 valence electrons. The zero-order chi connectivity index (χ0) is 5.82. The quantitative estimate of drug-likeness (QED) is 0.407. The zero-order valence-corrected chi connectivity index (χ0v) is 6.18. The molecular weight excluding hydrogens is 152 g/mol. The van der Waals surface area contributed by atoms with Gasteiger partial charge in [-0.25, -0.2) is 0 Å². The second-order valence-corrected chi connectivity index (χ2v) is 1.72. The Hall–Kier alpha value is -0.481. The van der Waals surface area contributed by atoms with Gasteiger partial charge in [0.2, 0.25) is 0 Å². The molecular formula is C8H8Fe. The molecule has 0 saturated carbocycles. The number of allylic oxidation sites excluding steroid dienone is 5. The van der Waals surface area contributed by atoms with Crippen molar-refractivity contribution in [2.24, 2.45) is 0 Å². The number of hydrogen-bond donors (Lipinski definition) is 0. The monoisotopic (exact) mass is 160 g/mol. The van der Waals surface area contributed by atoms with Gasteiger partial charge in [-0.1, -0.05) is 24.8 Å². The predicted octanol–water partition coefficient (Wildman–Crippen LogP) is 2.21. The summed E-state index contributed by atoms with van der Waals surface area (Å²) in [6.07, 6.45) is 9.17. The van der Waals surface area contributed by atoms with Crippen molar-refractivity contribution < 1.29 is 17.1 Å². The maximum absolute atomic E-state index is 3.48. The van der Waals surface area contributed by atoms with E-state index in [1.165, 1.54) is 5.57 Å². The summed E-state index contributed by atoms with van der Waals surface area (Å²) < 4.78 is 0. The van der Waals surface area contributed by atoms with Crippen molar-refractivity contribution in [3.63, 3.8) is 0 Å². The van der Waals surface area contributed by atoms with Gasteiger partial charge >= 0.3 is 0 Å². The molecule has 1 heteroatoms. The van der Waals surface area contributed by atoms with Crippen molar-refractivity contribution in [2.45, 2.75) is 6.42 Å². The van der Waals surface area contributed by atoms with Gasteiger partial charge in [0.25, 0.3) is 0 Å². The minimum atomic E-state index is 0. The normalized spacial score (nSPS) is 13.6. The Bertz CT molecular complexity index is 181. The molecule has 0 N–H and O–H groups in total. The molecule has 0 heterocycles. The van der Waals surface area contributed by atoms with Crippen molar-refractivity contribution in [2.75, 3.05) is 0 Å². The van der Waals surface area contributed by atoms with E-state index in [9.17, 15) is 0 Å². The summed E-state index contributed by atoms with van der Waals surface area (Å²) in [5, 5.41) is 0. The van der Waals surface area contributed by atoms with E-state index in [4.69, 9.17) is 0 Å². The first-order chi connectivity index (χ1) is 3.93. The minimum Gasteiger partial charge on any atom is -0.128 e. The fourth-order valence-corrected chi connectivity index (χ4v) is 0.702. The van der Waals surface area contributed by atoms with Crippen molar-refractivity contribution in [3.05, 3.63) is 42.2 Å². The minimum absolute atomic E-state index is 0. The van der Waals surface area contributed by atoms with Crippen LogP contribution in [0, 0.1) is 0 Å². The first kappa shape index (κ1) is 8.52. The van der Waals surface area contributed by atoms with Crippen LogP contribution in [0.2, 0.25) is 0 Å². The molecule has 1 aliphatic rings. The third-order valence-corrected chi connectivity index (χ3v) is 1.09. The Morgan fingerprint density at radius 3 is 2.89 bits per heavy atom. The summed E-state index contributed by atoms with van der Waals surface area (Å²) in [6.45, 7) is 3.48. The maximum atomic E-state index is 3.48. The van der Waals surface area contributed by atoms with Crippen LogP contribution in [0.25, 0.3) is 0 Å². The Balaban J connectivity index is 0.000000640. The van der Waals surface area contributed by atoms with Crippen LogP contribution < -0.4 is 0 Å². The fraction of sp³-hybridized carbons (Fsp3) is 0.125. The van der Waals surface area contributed by atoms with Crippen LogP contribution in [0.1, 0.15) is 6.42 Å². The van der Waals surface area contributed by atoms with E-state index in [-0.39, 0.29) is 17.1 Å². The Kier molecular flexibility index (Phi) is 4.17. The SMILES string of the molecule is C=C=CC1=CC=CC1.[Fe]. The Morgan fingerprint density at radius 1 is 1.67 bits per heavy atom. The molecule has 0 atom stereocenters. The molecule has 0 amide bonds. The van der Waals surface area contributed by atoms with Gasteiger partial charge in [-0.05, 0) is 18.1 Å². The van der Waals surface area contributed by atoms with Gasteiger partial charge in [-0.2, -0.15) is 0 Å². The summed E-state index contributed by atoms with van der Waals surface area (Å²) in [5.41, 5.74) is 4.02. The first-order valence-electron chi connectivity index (χ1n) is 2.65. The van der Waals surface area contributed by atoms with Crippen molar-refractivity contribution in [1.82, 2.24) is 0 Å². The molecule has 0 saturated heterocycles. The largest absolute Gasteiger partial charge is 0.128 e. The van der Waals surface area contributed by atoms with Gasteiger partial charge < -0.3 is 0 Å². The maximum Gasteiger partial charge on any atom is 0 e. The van der Waals surface area contributed by atoms with E-state index >= 15 is 0 Å². The molecule has 0 aromatic rings. The standard InChI is InChI=1S/C8H8.Fe/c1-2-5-8-6-3-4-7-8;/h3-6H,1,7H2;. The third-order valence-electron chi connectivity index (χ3n) is 1.09. The summed E-state index contributed by atoms with van der Waals surface area (Å²) in [4.78, 5) is 0. The predicted molar refractivity (Wildman–Crippen MR) is 35.5 cm³/mol. The van der Waals surface area contributed by atoms with Crippen LogP contribution in [0.3, 0.4) is 0 Å². The smallest absolute Gasteiger partial charge is 0 e. The van der Waals surface area contributed by atoms with Gasteiger partial charge in [0.15, 0.2) is 0 Å². The van der Waals surface area contributed by atoms with E-state index in [0.717, 1.165) is 6.42 Å². The topological polar surface area (TPSA) is 0 Å². The molecule has 0 aliphatic heterocycles. The van der Waals surface area contributed by atoms with Crippen LogP contribution in [-0.2, 0) is 17.1 Å². The van der Waals surface area contributed by atoms with Gasteiger partial charge in [-0.15, -0.1) is 5.73 Å². The Morgan fingerprint density at radius 2 is 2.44 bits per heavy atom. The molecule has 0 aromatic heterocycles. The summed E-state index contributed by atoms with van der Waals surface area (Å²) in [7, 11) is 0. The van der Waals surface area contributed by atoms with Gasteiger partial charge in [-0.3, -0.25) is 0 Å². The van der Waals surface area contributed by atoms with E-state index in [2.05, 4.69) is 24.5 Å². The molecule has 1 rings (SSSR count).